The molecule has 0 radical (unpaired) electrons. The molecular formula is C11H16N4S2. The van der Waals surface area contributed by atoms with Crippen molar-refractivity contribution >= 4 is 28.2 Å². The van der Waals surface area contributed by atoms with Crippen molar-refractivity contribution in [2.24, 2.45) is 0 Å². The van der Waals surface area contributed by atoms with Crippen LogP contribution in [0.25, 0.3) is 0 Å². The van der Waals surface area contributed by atoms with Gasteiger partial charge in [-0.3, -0.25) is 0 Å². The first-order valence-corrected chi connectivity index (χ1v) is 7.64. The van der Waals surface area contributed by atoms with E-state index in [2.05, 4.69) is 21.6 Å². The molecule has 1 fully saturated rings. The van der Waals surface area contributed by atoms with Crippen molar-refractivity contribution < 1.29 is 0 Å². The molecule has 1 aliphatic carbocycles. The van der Waals surface area contributed by atoms with Crippen LogP contribution in [0, 0.1) is 11.3 Å². The Hall–Kier alpha value is -0.800. The SMILES string of the molecule is C[C@@H](C#N)Sc1nnc(NC2CCCCC2)s1. The highest BCUT2D eigenvalue weighted by Gasteiger charge is 2.15. The Bertz CT molecular complexity index is 392. The third-order valence-electron chi connectivity index (χ3n) is 2.80. The molecule has 92 valence electrons. The van der Waals surface area contributed by atoms with E-state index in [0.29, 0.717) is 6.04 Å². The second-order valence-corrected chi connectivity index (χ2v) is 6.81. The molecule has 1 aliphatic rings. The predicted molar refractivity (Wildman–Crippen MR) is 71.3 cm³/mol. The van der Waals surface area contributed by atoms with Crippen molar-refractivity contribution in [2.75, 3.05) is 5.32 Å². The molecule has 1 heterocycles. The third-order valence-corrected chi connectivity index (χ3v) is 4.73. The van der Waals surface area contributed by atoms with Crippen molar-refractivity contribution in [1.82, 2.24) is 10.2 Å². The zero-order valence-electron chi connectivity index (χ0n) is 9.85. The monoisotopic (exact) mass is 268 g/mol. The first kappa shape index (κ1) is 12.7. The molecule has 0 bridgehead atoms. The largest absolute Gasteiger partial charge is 0.357 e. The number of aromatic nitrogens is 2. The van der Waals surface area contributed by atoms with Crippen LogP contribution in [0.1, 0.15) is 39.0 Å². The average molecular weight is 268 g/mol. The fourth-order valence-electron chi connectivity index (χ4n) is 1.91. The smallest absolute Gasteiger partial charge is 0.206 e. The molecule has 1 saturated carbocycles. The first-order chi connectivity index (χ1) is 8.28. The van der Waals surface area contributed by atoms with Crippen molar-refractivity contribution in [3.05, 3.63) is 0 Å². The second kappa shape index (κ2) is 6.22. The summed E-state index contributed by atoms with van der Waals surface area (Å²) in [4.78, 5) is 0. The number of rotatable bonds is 4. The van der Waals surface area contributed by atoms with Crippen LogP contribution in [0.4, 0.5) is 5.13 Å². The molecule has 1 aromatic rings. The lowest BCUT2D eigenvalue weighted by atomic mass is 9.96. The number of hydrogen-bond donors (Lipinski definition) is 1. The fourth-order valence-corrected chi connectivity index (χ4v) is 3.77. The van der Waals surface area contributed by atoms with Gasteiger partial charge in [0.15, 0.2) is 4.34 Å². The van der Waals surface area contributed by atoms with E-state index < -0.39 is 0 Å². The first-order valence-electron chi connectivity index (χ1n) is 5.94. The lowest BCUT2D eigenvalue weighted by Gasteiger charge is -2.21. The third kappa shape index (κ3) is 3.86. The van der Waals surface area contributed by atoms with Crippen molar-refractivity contribution in [1.29, 1.82) is 5.26 Å². The van der Waals surface area contributed by atoms with Gasteiger partial charge < -0.3 is 5.32 Å². The van der Waals surface area contributed by atoms with Gasteiger partial charge in [0, 0.05) is 6.04 Å². The van der Waals surface area contributed by atoms with Crippen molar-refractivity contribution in [3.63, 3.8) is 0 Å². The predicted octanol–water partition coefficient (Wildman–Crippen LogP) is 3.29. The number of thioether (sulfide) groups is 1. The summed E-state index contributed by atoms with van der Waals surface area (Å²) in [5.41, 5.74) is 0. The van der Waals surface area contributed by atoms with Gasteiger partial charge in [0.1, 0.15) is 0 Å². The van der Waals surface area contributed by atoms with Gasteiger partial charge in [0.25, 0.3) is 0 Å². The summed E-state index contributed by atoms with van der Waals surface area (Å²) in [6.07, 6.45) is 6.44. The van der Waals surface area contributed by atoms with E-state index >= 15 is 0 Å². The summed E-state index contributed by atoms with van der Waals surface area (Å²) in [5.74, 6) is 0. The van der Waals surface area contributed by atoms with Crippen molar-refractivity contribution in [3.8, 4) is 6.07 Å². The number of hydrogen-bond acceptors (Lipinski definition) is 6. The summed E-state index contributed by atoms with van der Waals surface area (Å²) in [6.45, 7) is 1.88. The van der Waals surface area contributed by atoms with Gasteiger partial charge in [0.2, 0.25) is 5.13 Å². The van der Waals surface area contributed by atoms with Crippen LogP contribution in [0.2, 0.25) is 0 Å². The van der Waals surface area contributed by atoms with Crippen LogP contribution in [0.15, 0.2) is 4.34 Å². The summed E-state index contributed by atoms with van der Waals surface area (Å²) < 4.78 is 0.873. The highest BCUT2D eigenvalue weighted by molar-refractivity contribution is 8.01. The topological polar surface area (TPSA) is 61.6 Å². The molecule has 17 heavy (non-hydrogen) atoms. The van der Waals surface area contributed by atoms with Gasteiger partial charge >= 0.3 is 0 Å². The average Bonchev–Trinajstić information content (AvgIpc) is 2.77. The van der Waals surface area contributed by atoms with Crippen LogP contribution in [-0.4, -0.2) is 21.5 Å². The molecule has 0 amide bonds. The summed E-state index contributed by atoms with van der Waals surface area (Å²) >= 11 is 3.02. The Balaban J connectivity index is 1.87. The van der Waals surface area contributed by atoms with E-state index in [1.165, 1.54) is 43.9 Å². The Kier molecular flexibility index (Phi) is 4.63. The molecule has 1 atom stereocenters. The molecule has 4 nitrogen and oxygen atoms in total. The maximum absolute atomic E-state index is 8.73. The van der Waals surface area contributed by atoms with Gasteiger partial charge in [-0.15, -0.1) is 10.2 Å². The molecule has 0 aromatic carbocycles. The van der Waals surface area contributed by atoms with Crippen LogP contribution < -0.4 is 5.32 Å². The quantitative estimate of drug-likeness (QED) is 0.849. The molecule has 6 heteroatoms. The normalized spacial score (nSPS) is 18.6. The lowest BCUT2D eigenvalue weighted by Crippen LogP contribution is -2.21. The molecule has 0 unspecified atom stereocenters. The van der Waals surface area contributed by atoms with E-state index in [1.54, 1.807) is 11.3 Å². The molecule has 0 spiro atoms. The van der Waals surface area contributed by atoms with E-state index in [-0.39, 0.29) is 5.25 Å². The van der Waals surface area contributed by atoms with Gasteiger partial charge in [-0.2, -0.15) is 5.26 Å². The van der Waals surface area contributed by atoms with Crippen LogP contribution in [-0.2, 0) is 0 Å². The van der Waals surface area contributed by atoms with Crippen LogP contribution >= 0.6 is 23.1 Å². The minimum absolute atomic E-state index is 0.0644. The molecule has 2 rings (SSSR count). The zero-order chi connectivity index (χ0) is 12.1. The van der Waals surface area contributed by atoms with E-state index in [9.17, 15) is 0 Å². The Labute approximate surface area is 110 Å². The van der Waals surface area contributed by atoms with E-state index in [0.717, 1.165) is 9.47 Å². The molecule has 0 saturated heterocycles. The highest BCUT2D eigenvalue weighted by atomic mass is 32.2. The van der Waals surface area contributed by atoms with Crippen LogP contribution in [0.5, 0.6) is 0 Å². The van der Waals surface area contributed by atoms with Crippen LogP contribution in [0.3, 0.4) is 0 Å². The minimum atomic E-state index is -0.0644. The molecular weight excluding hydrogens is 252 g/mol. The van der Waals surface area contributed by atoms with Gasteiger partial charge in [0.05, 0.1) is 11.3 Å². The maximum atomic E-state index is 8.73. The number of nitriles is 1. The standard InChI is InChI=1S/C11H16N4S2/c1-8(7-12)16-11-15-14-10(17-11)13-9-5-3-2-4-6-9/h8-9H,2-6H2,1H3,(H,13,14)/t8-/m0/s1. The Morgan fingerprint density at radius 3 is 2.88 bits per heavy atom. The lowest BCUT2D eigenvalue weighted by molar-refractivity contribution is 0.462. The number of nitrogens with zero attached hydrogens (tertiary/aromatic N) is 3. The fraction of sp³-hybridized carbons (Fsp3) is 0.727. The van der Waals surface area contributed by atoms with Gasteiger partial charge in [-0.1, -0.05) is 42.4 Å². The summed E-state index contributed by atoms with van der Waals surface area (Å²) in [7, 11) is 0. The van der Waals surface area contributed by atoms with Gasteiger partial charge in [-0.25, -0.2) is 0 Å². The molecule has 1 N–H and O–H groups in total. The van der Waals surface area contributed by atoms with Gasteiger partial charge in [-0.05, 0) is 19.8 Å². The van der Waals surface area contributed by atoms with E-state index in [4.69, 9.17) is 5.26 Å². The van der Waals surface area contributed by atoms with Crippen molar-refractivity contribution in [2.45, 2.75) is 54.7 Å². The van der Waals surface area contributed by atoms with E-state index in [1.807, 2.05) is 6.92 Å². The zero-order valence-corrected chi connectivity index (χ0v) is 11.5. The Morgan fingerprint density at radius 1 is 1.41 bits per heavy atom. The minimum Gasteiger partial charge on any atom is -0.357 e. The number of nitrogens with one attached hydrogen (secondary N) is 1. The number of anilines is 1. The maximum Gasteiger partial charge on any atom is 0.206 e. The summed E-state index contributed by atoms with van der Waals surface area (Å²) in [5, 5.41) is 21.2. The summed E-state index contributed by atoms with van der Waals surface area (Å²) in [6, 6.07) is 2.74. The second-order valence-electron chi connectivity index (χ2n) is 4.24. The Morgan fingerprint density at radius 2 is 2.18 bits per heavy atom. The molecule has 1 aromatic heterocycles. The molecule has 0 aliphatic heterocycles. The highest BCUT2D eigenvalue weighted by Crippen LogP contribution is 2.30.